The van der Waals surface area contributed by atoms with Gasteiger partial charge in [-0.1, -0.05) is 12.1 Å². The number of phenolic OH excluding ortho intramolecular Hbond substituents is 1. The van der Waals surface area contributed by atoms with E-state index in [4.69, 9.17) is 14.2 Å². The lowest BCUT2D eigenvalue weighted by atomic mass is 10.2. The summed E-state index contributed by atoms with van der Waals surface area (Å²) in [4.78, 5) is 24.1. The van der Waals surface area contributed by atoms with Crippen LogP contribution in [0.2, 0.25) is 0 Å². The first-order chi connectivity index (χ1) is 12.9. The number of carbonyl (C=O) groups is 2. The van der Waals surface area contributed by atoms with Gasteiger partial charge < -0.3 is 24.6 Å². The molecule has 7 nitrogen and oxygen atoms in total. The molecule has 2 rings (SSSR count). The number of esters is 1. The summed E-state index contributed by atoms with van der Waals surface area (Å²) >= 11 is 0. The van der Waals surface area contributed by atoms with Crippen molar-refractivity contribution in [2.24, 2.45) is 0 Å². The lowest BCUT2D eigenvalue weighted by Crippen LogP contribution is -2.29. The third-order valence-corrected chi connectivity index (χ3v) is 3.62. The molecule has 2 aromatic carbocycles. The van der Waals surface area contributed by atoms with Crippen molar-refractivity contribution in [1.29, 1.82) is 0 Å². The Morgan fingerprint density at radius 2 is 1.89 bits per heavy atom. The Labute approximate surface area is 157 Å². The van der Waals surface area contributed by atoms with Crippen molar-refractivity contribution in [3.05, 3.63) is 54.1 Å². The van der Waals surface area contributed by atoms with Gasteiger partial charge in [-0.3, -0.25) is 4.79 Å². The molecule has 2 aromatic rings. The lowest BCUT2D eigenvalue weighted by molar-refractivity contribution is -0.148. The zero-order valence-corrected chi connectivity index (χ0v) is 15.3. The molecule has 7 heteroatoms. The highest BCUT2D eigenvalue weighted by Crippen LogP contribution is 2.26. The van der Waals surface area contributed by atoms with E-state index in [1.807, 2.05) is 0 Å². The summed E-state index contributed by atoms with van der Waals surface area (Å²) in [5, 5.41) is 12.2. The van der Waals surface area contributed by atoms with Crippen LogP contribution < -0.4 is 14.8 Å². The molecule has 142 valence electrons. The molecule has 0 unspecified atom stereocenters. The van der Waals surface area contributed by atoms with Gasteiger partial charge in [-0.25, -0.2) is 4.79 Å². The number of nitrogens with one attached hydrogen (secondary N) is 1. The number of hydrogen-bond acceptors (Lipinski definition) is 6. The highest BCUT2D eigenvalue weighted by molar-refractivity contribution is 5.96. The van der Waals surface area contributed by atoms with Gasteiger partial charge in [-0.05, 0) is 42.8 Å². The zero-order valence-electron chi connectivity index (χ0n) is 15.3. The minimum Gasteiger partial charge on any atom is -0.504 e. The third kappa shape index (κ3) is 5.78. The Morgan fingerprint density at radius 1 is 1.11 bits per heavy atom. The monoisotopic (exact) mass is 371 g/mol. The molecule has 0 radical (unpaired) electrons. The molecular weight excluding hydrogens is 350 g/mol. The number of amides is 1. The number of rotatable bonds is 7. The summed E-state index contributed by atoms with van der Waals surface area (Å²) in [7, 11) is 2.96. The Hall–Kier alpha value is -3.48. The summed E-state index contributed by atoms with van der Waals surface area (Å²) < 4.78 is 15.2. The molecule has 0 aromatic heterocycles. The number of anilines is 1. The number of ether oxygens (including phenoxy) is 3. The average molecular weight is 371 g/mol. The fourth-order valence-corrected chi connectivity index (χ4v) is 2.17. The molecule has 0 bridgehead atoms. The van der Waals surface area contributed by atoms with E-state index in [9.17, 15) is 14.7 Å². The van der Waals surface area contributed by atoms with Crippen LogP contribution in [0.25, 0.3) is 6.08 Å². The second kappa shape index (κ2) is 9.28. The second-order valence-electron chi connectivity index (χ2n) is 5.56. The van der Waals surface area contributed by atoms with E-state index in [2.05, 4.69) is 5.32 Å². The van der Waals surface area contributed by atoms with Gasteiger partial charge in [0.1, 0.15) is 5.75 Å². The Morgan fingerprint density at radius 3 is 2.59 bits per heavy atom. The number of methoxy groups -OCH3 is 2. The van der Waals surface area contributed by atoms with E-state index in [1.165, 1.54) is 39.4 Å². The number of benzene rings is 2. The smallest absolute Gasteiger partial charge is 0.331 e. The summed E-state index contributed by atoms with van der Waals surface area (Å²) in [5.74, 6) is -0.243. The minimum absolute atomic E-state index is 0.0000577. The average Bonchev–Trinajstić information content (AvgIpc) is 2.67. The topological polar surface area (TPSA) is 94.1 Å². The molecule has 27 heavy (non-hydrogen) atoms. The highest BCUT2D eigenvalue weighted by Gasteiger charge is 2.17. The van der Waals surface area contributed by atoms with E-state index in [1.54, 1.807) is 36.4 Å². The molecule has 1 amide bonds. The fourth-order valence-electron chi connectivity index (χ4n) is 2.17. The molecule has 0 aliphatic carbocycles. The first-order valence-electron chi connectivity index (χ1n) is 8.13. The first kappa shape index (κ1) is 19.8. The predicted molar refractivity (Wildman–Crippen MR) is 101 cm³/mol. The van der Waals surface area contributed by atoms with Gasteiger partial charge >= 0.3 is 5.97 Å². The van der Waals surface area contributed by atoms with Gasteiger partial charge in [0.2, 0.25) is 0 Å². The van der Waals surface area contributed by atoms with E-state index >= 15 is 0 Å². The number of phenols is 1. The van der Waals surface area contributed by atoms with Crippen LogP contribution in [0, 0.1) is 0 Å². The normalized spacial score (nSPS) is 11.7. The maximum absolute atomic E-state index is 12.1. The van der Waals surface area contributed by atoms with Crippen LogP contribution in [-0.4, -0.2) is 37.3 Å². The Kier molecular flexibility index (Phi) is 6.82. The maximum atomic E-state index is 12.1. The van der Waals surface area contributed by atoms with Crippen molar-refractivity contribution in [2.75, 3.05) is 19.5 Å². The van der Waals surface area contributed by atoms with E-state index in [0.717, 1.165) is 0 Å². The van der Waals surface area contributed by atoms with Crippen molar-refractivity contribution < 1.29 is 28.9 Å². The number of aromatic hydroxyl groups is 1. The van der Waals surface area contributed by atoms with Crippen LogP contribution in [0.3, 0.4) is 0 Å². The molecule has 1 atom stereocenters. The van der Waals surface area contributed by atoms with Gasteiger partial charge in [0.05, 0.1) is 14.2 Å². The molecule has 0 aliphatic rings. The molecule has 0 fully saturated rings. The SMILES string of the molecule is COc1cccc(NC(=O)[C@@H](C)OC(=O)/C=C/c2ccc(O)c(OC)c2)c1. The van der Waals surface area contributed by atoms with Crippen molar-refractivity contribution >= 4 is 23.6 Å². The molecule has 2 N–H and O–H groups in total. The first-order valence-corrected chi connectivity index (χ1v) is 8.13. The molecule has 0 aliphatic heterocycles. The van der Waals surface area contributed by atoms with Crippen LogP contribution in [0.5, 0.6) is 17.2 Å². The molecule has 0 saturated carbocycles. The summed E-state index contributed by atoms with van der Waals surface area (Å²) in [6.45, 7) is 1.48. The Bertz CT molecular complexity index is 846. The van der Waals surface area contributed by atoms with Crippen LogP contribution >= 0.6 is 0 Å². The second-order valence-corrected chi connectivity index (χ2v) is 5.56. The standard InChI is InChI=1S/C20H21NO6/c1-13(20(24)21-15-5-4-6-16(12-15)25-2)27-19(23)10-8-14-7-9-17(22)18(11-14)26-3/h4-13,22H,1-3H3,(H,21,24)/b10-8+/t13-/m1/s1. The molecular formula is C20H21NO6. The number of carbonyl (C=O) groups excluding carboxylic acids is 2. The molecule has 0 spiro atoms. The molecule has 0 heterocycles. The van der Waals surface area contributed by atoms with E-state index in [-0.39, 0.29) is 11.5 Å². The van der Waals surface area contributed by atoms with Crippen LogP contribution in [0.4, 0.5) is 5.69 Å². The number of hydrogen-bond donors (Lipinski definition) is 2. The lowest BCUT2D eigenvalue weighted by Gasteiger charge is -2.13. The summed E-state index contributed by atoms with van der Waals surface area (Å²) in [5.41, 5.74) is 1.17. The maximum Gasteiger partial charge on any atom is 0.331 e. The van der Waals surface area contributed by atoms with Crippen molar-refractivity contribution in [1.82, 2.24) is 0 Å². The van der Waals surface area contributed by atoms with Crippen molar-refractivity contribution in [2.45, 2.75) is 13.0 Å². The van der Waals surface area contributed by atoms with Crippen LogP contribution in [-0.2, 0) is 14.3 Å². The van der Waals surface area contributed by atoms with Gasteiger partial charge in [0.25, 0.3) is 5.91 Å². The van der Waals surface area contributed by atoms with Crippen molar-refractivity contribution in [3.8, 4) is 17.2 Å². The third-order valence-electron chi connectivity index (χ3n) is 3.62. The summed E-state index contributed by atoms with van der Waals surface area (Å²) in [6, 6.07) is 11.5. The highest BCUT2D eigenvalue weighted by atomic mass is 16.5. The van der Waals surface area contributed by atoms with Gasteiger partial charge in [0.15, 0.2) is 17.6 Å². The minimum atomic E-state index is -0.984. The van der Waals surface area contributed by atoms with Crippen LogP contribution in [0.1, 0.15) is 12.5 Å². The van der Waals surface area contributed by atoms with E-state index < -0.39 is 18.0 Å². The van der Waals surface area contributed by atoms with Gasteiger partial charge in [0, 0.05) is 17.8 Å². The van der Waals surface area contributed by atoms with Crippen molar-refractivity contribution in [3.63, 3.8) is 0 Å². The van der Waals surface area contributed by atoms with Gasteiger partial charge in [-0.15, -0.1) is 0 Å². The zero-order chi connectivity index (χ0) is 19.8. The Balaban J connectivity index is 1.93. The fraction of sp³-hybridized carbons (Fsp3) is 0.200. The van der Waals surface area contributed by atoms with Gasteiger partial charge in [-0.2, -0.15) is 0 Å². The quantitative estimate of drug-likeness (QED) is 0.574. The van der Waals surface area contributed by atoms with E-state index in [0.29, 0.717) is 17.0 Å². The summed E-state index contributed by atoms with van der Waals surface area (Å²) in [6.07, 6.45) is 1.71. The predicted octanol–water partition coefficient (Wildman–Crippen LogP) is 2.99. The largest absolute Gasteiger partial charge is 0.504 e. The van der Waals surface area contributed by atoms with Crippen LogP contribution in [0.15, 0.2) is 48.5 Å². The molecule has 0 saturated heterocycles.